The molecule has 8 aromatic heterocycles. The third-order valence-corrected chi connectivity index (χ3v) is 16.4. The van der Waals surface area contributed by atoms with Crippen LogP contribution < -0.4 is 0 Å². The van der Waals surface area contributed by atoms with Crippen molar-refractivity contribution in [3.63, 3.8) is 0 Å². The Hall–Kier alpha value is -8.40. The van der Waals surface area contributed by atoms with Crippen LogP contribution in [0.25, 0.3) is 0 Å². The summed E-state index contributed by atoms with van der Waals surface area (Å²) in [5, 5.41) is 0. The Morgan fingerprint density at radius 1 is 0.209 bits per heavy atom. The molecule has 16 nitrogen and oxygen atoms in total. The fraction of sp³-hybridized carbons (Fsp3) is 0.294. The molecule has 450 valence electrons. The molecule has 0 saturated carbocycles. The minimum atomic E-state index is 0. The summed E-state index contributed by atoms with van der Waals surface area (Å²) >= 11 is 0. The van der Waals surface area contributed by atoms with Gasteiger partial charge < -0.3 is 36.5 Å². The number of benzene rings is 4. The first kappa shape index (κ1) is 65.1. The molecule has 0 unspecified atom stereocenters. The van der Waals surface area contributed by atoms with Gasteiger partial charge in [0.05, 0.1) is 50.6 Å². The normalized spacial score (nSPS) is 10.7. The molecule has 0 amide bonds. The van der Waals surface area contributed by atoms with Crippen LogP contribution in [0, 0.1) is 83.1 Å². The molecular formula is C68H80Cu2N16+4. The van der Waals surface area contributed by atoms with E-state index >= 15 is 0 Å². The Bertz CT molecular complexity index is 3190. The van der Waals surface area contributed by atoms with Crippen molar-refractivity contribution in [2.24, 2.45) is 0 Å². The third-order valence-electron chi connectivity index (χ3n) is 16.4. The number of hydrogen-bond donors (Lipinski definition) is 0. The first-order chi connectivity index (χ1) is 40.6. The van der Waals surface area contributed by atoms with Gasteiger partial charge >= 0.3 is 34.1 Å². The van der Waals surface area contributed by atoms with Crippen molar-refractivity contribution < 1.29 is 34.1 Å². The van der Waals surface area contributed by atoms with Gasteiger partial charge in [0.2, 0.25) is 0 Å². The molecule has 0 fully saturated rings. The molecular weight excluding hydrogens is 1170 g/mol. The van der Waals surface area contributed by atoms with E-state index in [9.17, 15) is 0 Å². The van der Waals surface area contributed by atoms with Gasteiger partial charge in [-0.3, -0.25) is 0 Å². The van der Waals surface area contributed by atoms with Gasteiger partial charge in [0.15, 0.2) is 0 Å². The fourth-order valence-electron chi connectivity index (χ4n) is 11.5. The van der Waals surface area contributed by atoms with Crippen molar-refractivity contribution in [1.82, 2.24) is 76.4 Å². The van der Waals surface area contributed by atoms with Crippen molar-refractivity contribution in [3.05, 3.63) is 285 Å². The minimum absolute atomic E-state index is 0. The summed E-state index contributed by atoms with van der Waals surface area (Å²) in [4.78, 5) is 33.0. The molecule has 0 N–H and O–H groups in total. The van der Waals surface area contributed by atoms with Crippen LogP contribution in [-0.4, -0.2) is 76.4 Å². The number of imidazole rings is 8. The average Bonchev–Trinajstić information content (AvgIpc) is 2.90. The molecule has 0 bridgehead atoms. The van der Waals surface area contributed by atoms with Crippen LogP contribution in [0.15, 0.2) is 174 Å². The van der Waals surface area contributed by atoms with Crippen LogP contribution in [0.1, 0.15) is 111 Å². The second kappa shape index (κ2) is 30.6. The van der Waals surface area contributed by atoms with Crippen LogP contribution in [0.2, 0.25) is 0 Å². The van der Waals surface area contributed by atoms with E-state index in [4.69, 9.17) is 0 Å². The Morgan fingerprint density at radius 3 is 0.419 bits per heavy atom. The zero-order valence-corrected chi connectivity index (χ0v) is 53.5. The molecule has 0 aliphatic carbocycles. The smallest absolute Gasteiger partial charge is 0.333 e. The number of aryl methyl sites for hydroxylation is 8. The van der Waals surface area contributed by atoms with Gasteiger partial charge in [-0.25, -0.2) is 39.9 Å². The zero-order valence-electron chi connectivity index (χ0n) is 51.6. The minimum Gasteiger partial charge on any atom is -0.333 e. The van der Waals surface area contributed by atoms with Crippen LogP contribution in [0.4, 0.5) is 0 Å². The Balaban J connectivity index is 0.000000163. The Morgan fingerprint density at radius 2 is 0.326 bits per heavy atom. The van der Waals surface area contributed by atoms with E-state index in [0.29, 0.717) is 0 Å². The maximum absolute atomic E-state index is 4.13. The fourth-order valence-corrected chi connectivity index (χ4v) is 11.5. The summed E-state index contributed by atoms with van der Waals surface area (Å²) in [6.07, 6.45) is 45.6. The summed E-state index contributed by atoms with van der Waals surface area (Å²) in [6, 6.07) is 9.13. The molecule has 0 atom stereocenters. The van der Waals surface area contributed by atoms with Crippen LogP contribution >= 0.6 is 0 Å². The molecule has 12 rings (SSSR count). The van der Waals surface area contributed by atoms with Crippen molar-refractivity contribution in [2.75, 3.05) is 0 Å². The second-order valence-electron chi connectivity index (χ2n) is 22.3. The van der Waals surface area contributed by atoms with Gasteiger partial charge in [-0.15, -0.1) is 0 Å². The Kier molecular flexibility index (Phi) is 23.2. The first-order valence-corrected chi connectivity index (χ1v) is 28.6. The molecule has 0 aliphatic heterocycles. The number of rotatable bonds is 16. The van der Waals surface area contributed by atoms with Gasteiger partial charge in [-0.1, -0.05) is 24.3 Å². The molecule has 8 heterocycles. The molecule has 0 spiro atoms. The van der Waals surface area contributed by atoms with Crippen LogP contribution in [-0.2, 0) is 86.5 Å². The van der Waals surface area contributed by atoms with Gasteiger partial charge in [0.1, 0.15) is 0 Å². The van der Waals surface area contributed by atoms with Gasteiger partial charge in [0, 0.05) is 152 Å². The standard InChI is InChI=1S/4C17H20N4.2Cu/c4*1-13-8-14(2)17(10-21-7-5-19-12-21)15(3)16(13)9-20-6-4-18-11-20;;/h4*4-8,11-12H,9-10H2,1-3H3;;/q;;;;2*+2. The molecule has 12 aromatic rings. The predicted molar refractivity (Wildman–Crippen MR) is 333 cm³/mol. The topological polar surface area (TPSA) is 143 Å². The quantitative estimate of drug-likeness (QED) is 0.0870. The SMILES string of the molecule is Cc1cc(C)c(Cn2ccnc2)c(C)c1Cn1ccnc1.Cc1cc(C)c(Cn2ccnc2)c(C)c1Cn1ccnc1.Cc1cc(C)c(Cn2ccnc2)c(C)c1Cn1ccnc1.Cc1cc(C)c(Cn2ccnc2)c(C)c1Cn1ccnc1.[Cu+2].[Cu+2]. The number of nitrogens with zero attached hydrogens (tertiary/aromatic N) is 16. The first-order valence-electron chi connectivity index (χ1n) is 28.6. The van der Waals surface area contributed by atoms with Crippen molar-refractivity contribution in [1.29, 1.82) is 0 Å². The van der Waals surface area contributed by atoms with E-state index in [1.54, 1.807) is 0 Å². The van der Waals surface area contributed by atoms with E-state index in [-0.39, 0.29) is 34.1 Å². The molecule has 18 heteroatoms. The van der Waals surface area contributed by atoms with Crippen molar-refractivity contribution in [2.45, 2.75) is 135 Å². The van der Waals surface area contributed by atoms with E-state index in [1.165, 1.54) is 111 Å². The monoisotopic (exact) mass is 1250 g/mol. The summed E-state index contributed by atoms with van der Waals surface area (Å²) in [6.45, 7) is 33.3. The third kappa shape index (κ3) is 16.5. The van der Waals surface area contributed by atoms with Gasteiger partial charge in [-0.2, -0.15) is 0 Å². The van der Waals surface area contributed by atoms with Crippen molar-refractivity contribution >= 4 is 0 Å². The predicted octanol–water partition coefficient (Wildman–Crippen LogP) is 12.4. The second-order valence-corrected chi connectivity index (χ2v) is 22.3. The van der Waals surface area contributed by atoms with Crippen molar-refractivity contribution in [3.8, 4) is 0 Å². The Labute approximate surface area is 528 Å². The molecule has 0 saturated heterocycles. The van der Waals surface area contributed by atoms with E-state index in [0.717, 1.165) is 52.4 Å². The summed E-state index contributed by atoms with van der Waals surface area (Å²) in [5.74, 6) is 0. The maximum atomic E-state index is 4.13. The van der Waals surface area contributed by atoms with Crippen LogP contribution in [0.3, 0.4) is 0 Å². The zero-order chi connectivity index (χ0) is 59.3. The molecule has 86 heavy (non-hydrogen) atoms. The number of aromatic nitrogens is 16. The van der Waals surface area contributed by atoms with E-state index < -0.39 is 0 Å². The van der Waals surface area contributed by atoms with E-state index in [1.807, 2.05) is 150 Å². The van der Waals surface area contributed by atoms with Gasteiger partial charge in [0.25, 0.3) is 0 Å². The maximum Gasteiger partial charge on any atom is 2.00 e. The number of hydrogen-bond acceptors (Lipinski definition) is 8. The largest absolute Gasteiger partial charge is 2.00 e. The average molecular weight is 1250 g/mol. The molecule has 4 aromatic carbocycles. The molecule has 2 radical (unpaired) electrons. The summed E-state index contributed by atoms with van der Waals surface area (Å²) in [5.41, 5.74) is 27.3. The van der Waals surface area contributed by atoms with E-state index in [2.05, 4.69) is 184 Å². The van der Waals surface area contributed by atoms with Crippen LogP contribution in [0.5, 0.6) is 0 Å². The summed E-state index contributed by atoms with van der Waals surface area (Å²) < 4.78 is 16.9. The molecule has 0 aliphatic rings. The summed E-state index contributed by atoms with van der Waals surface area (Å²) in [7, 11) is 0. The van der Waals surface area contributed by atoms with Gasteiger partial charge in [-0.05, 0) is 194 Å².